The molecule has 7 N–H and O–H groups in total. The second-order valence-electron chi connectivity index (χ2n) is 22.9. The van der Waals surface area contributed by atoms with Gasteiger partial charge in [0.1, 0.15) is 54.9 Å². The molecule has 0 saturated carbocycles. The van der Waals surface area contributed by atoms with Gasteiger partial charge in [-0.05, 0) is 57.8 Å². The zero-order valence-corrected chi connectivity index (χ0v) is 51.0. The monoisotopic (exact) mass is 1150 g/mol. The number of hydrogen-bond acceptors (Lipinski definition) is 14. The molecule has 0 aliphatic carbocycles. The topological polar surface area (TPSA) is 214 Å². The van der Waals surface area contributed by atoms with E-state index in [9.17, 15) is 40.5 Å². The third-order valence-corrected chi connectivity index (χ3v) is 15.5. The van der Waals surface area contributed by atoms with Gasteiger partial charge in [0.2, 0.25) is 0 Å². The van der Waals surface area contributed by atoms with Crippen LogP contribution in [0.1, 0.15) is 258 Å². The van der Waals surface area contributed by atoms with Gasteiger partial charge in [-0.1, -0.05) is 254 Å². The highest BCUT2D eigenvalue weighted by atomic mass is 16.7. The van der Waals surface area contributed by atoms with E-state index in [0.717, 1.165) is 77.0 Å². The molecule has 81 heavy (non-hydrogen) atoms. The van der Waals surface area contributed by atoms with Crippen molar-refractivity contribution in [2.24, 2.45) is 0 Å². The molecule has 2 saturated heterocycles. The molecule has 472 valence electrons. The number of aliphatic hydroxyl groups is 7. The Labute approximate surface area is 492 Å². The lowest BCUT2D eigenvalue weighted by Crippen LogP contribution is -2.61. The van der Waals surface area contributed by atoms with Crippen LogP contribution in [0.25, 0.3) is 0 Å². The van der Waals surface area contributed by atoms with E-state index in [1.807, 2.05) is 0 Å². The highest BCUT2D eigenvalue weighted by Crippen LogP contribution is 2.27. The molecule has 14 heteroatoms. The smallest absolute Gasteiger partial charge is 0.306 e. The SMILES string of the molecule is CC/C=C\C/C=C\C/C=C\C/C=C\C/C=C\CCCCCCCCCCCC(=O)OC(COCCCCCCCCCCCCCCCCCCCCCCCC)COC1OC(COC2OC(CO)C(O)C(O)C2O)C(O)C(O)C1O. The van der Waals surface area contributed by atoms with Crippen molar-refractivity contribution in [1.82, 2.24) is 0 Å². The first kappa shape index (κ1) is 74.8. The highest BCUT2D eigenvalue weighted by molar-refractivity contribution is 5.69. The molecule has 0 spiro atoms. The predicted octanol–water partition coefficient (Wildman–Crippen LogP) is 13.2. The number of allylic oxidation sites excluding steroid dienone is 10. The van der Waals surface area contributed by atoms with Crippen LogP contribution in [0.3, 0.4) is 0 Å². The number of aliphatic hydroxyl groups excluding tert-OH is 7. The van der Waals surface area contributed by atoms with Gasteiger partial charge in [-0.2, -0.15) is 0 Å². The van der Waals surface area contributed by atoms with Crippen LogP contribution in [-0.4, -0.2) is 142 Å². The van der Waals surface area contributed by atoms with Gasteiger partial charge >= 0.3 is 5.97 Å². The molecule has 2 aliphatic rings. The molecule has 0 radical (unpaired) electrons. The van der Waals surface area contributed by atoms with E-state index in [-0.39, 0.29) is 25.6 Å². The third-order valence-electron chi connectivity index (χ3n) is 15.5. The fourth-order valence-corrected chi connectivity index (χ4v) is 10.3. The number of rotatable bonds is 54. The molecule has 2 fully saturated rings. The molecule has 2 aliphatic heterocycles. The zero-order valence-electron chi connectivity index (χ0n) is 51.0. The van der Waals surface area contributed by atoms with E-state index in [0.29, 0.717) is 13.0 Å². The van der Waals surface area contributed by atoms with E-state index in [4.69, 9.17) is 28.4 Å². The van der Waals surface area contributed by atoms with Crippen molar-refractivity contribution in [3.8, 4) is 0 Å². The Morgan fingerprint density at radius 2 is 0.802 bits per heavy atom. The van der Waals surface area contributed by atoms with Gasteiger partial charge in [-0.3, -0.25) is 4.79 Å². The fraction of sp³-hybridized carbons (Fsp3) is 0.836. The van der Waals surface area contributed by atoms with Gasteiger partial charge in [-0.25, -0.2) is 0 Å². The van der Waals surface area contributed by atoms with E-state index in [2.05, 4.69) is 74.6 Å². The molecule has 0 aromatic rings. The van der Waals surface area contributed by atoms with Crippen LogP contribution >= 0.6 is 0 Å². The summed E-state index contributed by atoms with van der Waals surface area (Å²) in [6, 6.07) is 0. The Kier molecular flexibility index (Phi) is 49.1. The van der Waals surface area contributed by atoms with Crippen LogP contribution in [-0.2, 0) is 33.2 Å². The molecular formula is C67H120O14. The normalized spacial score (nSPS) is 24.1. The van der Waals surface area contributed by atoms with E-state index >= 15 is 0 Å². The molecule has 2 heterocycles. The summed E-state index contributed by atoms with van der Waals surface area (Å²) < 4.78 is 34.5. The molecule has 14 nitrogen and oxygen atoms in total. The molecule has 11 unspecified atom stereocenters. The maximum atomic E-state index is 13.1. The lowest BCUT2D eigenvalue weighted by molar-refractivity contribution is -0.332. The fourth-order valence-electron chi connectivity index (χ4n) is 10.3. The summed E-state index contributed by atoms with van der Waals surface area (Å²) in [5.74, 6) is -0.379. The van der Waals surface area contributed by atoms with Crippen molar-refractivity contribution in [2.45, 2.75) is 325 Å². The summed E-state index contributed by atoms with van der Waals surface area (Å²) >= 11 is 0. The van der Waals surface area contributed by atoms with Gasteiger partial charge in [0, 0.05) is 13.0 Å². The standard InChI is InChI=1S/C67H120O14/c1-3-5-7-9-11-13-15-17-19-21-23-25-27-28-29-30-32-34-36-38-40-42-44-46-48-50-59(69)79-56(53-76-51-49-47-45-43-41-39-37-35-33-31-26-24-22-20-18-16-14-12-10-8-6-4-2)54-77-66-65(75)63(73)61(71)58(81-66)55-78-67-64(74)62(72)60(70)57(52-68)80-67/h5,7,11,13,17,19,23,25,28-29,56-58,60-68,70-75H,3-4,6,8-10,12,14-16,18,20-22,24,26-27,30-55H2,1-2H3/b7-5-,13-11-,19-17-,25-23-,29-28-. The second-order valence-corrected chi connectivity index (χ2v) is 22.9. The lowest BCUT2D eigenvalue weighted by Gasteiger charge is -2.42. The minimum Gasteiger partial charge on any atom is -0.457 e. The van der Waals surface area contributed by atoms with Crippen molar-refractivity contribution in [3.63, 3.8) is 0 Å². The molecule has 0 amide bonds. The van der Waals surface area contributed by atoms with Crippen LogP contribution in [0.4, 0.5) is 0 Å². The van der Waals surface area contributed by atoms with Crippen molar-refractivity contribution in [3.05, 3.63) is 60.8 Å². The quantitative estimate of drug-likeness (QED) is 0.0172. The Morgan fingerprint density at radius 3 is 1.26 bits per heavy atom. The largest absolute Gasteiger partial charge is 0.457 e. The molecule has 2 rings (SSSR count). The molecule has 0 aromatic heterocycles. The van der Waals surface area contributed by atoms with E-state index in [1.54, 1.807) is 0 Å². The Morgan fingerprint density at radius 1 is 0.420 bits per heavy atom. The summed E-state index contributed by atoms with van der Waals surface area (Å²) in [4.78, 5) is 13.1. The Bertz CT molecular complexity index is 1570. The predicted molar refractivity (Wildman–Crippen MR) is 326 cm³/mol. The minimum absolute atomic E-state index is 0.0605. The van der Waals surface area contributed by atoms with Crippen molar-refractivity contribution >= 4 is 5.97 Å². The molecule has 0 aromatic carbocycles. The zero-order chi connectivity index (χ0) is 58.6. The lowest BCUT2D eigenvalue weighted by atomic mass is 9.98. The van der Waals surface area contributed by atoms with E-state index in [1.165, 1.54) is 154 Å². The van der Waals surface area contributed by atoms with Gasteiger partial charge in [0.05, 0.1) is 26.4 Å². The highest BCUT2D eigenvalue weighted by Gasteiger charge is 2.47. The van der Waals surface area contributed by atoms with Crippen LogP contribution < -0.4 is 0 Å². The van der Waals surface area contributed by atoms with Gasteiger partial charge in [-0.15, -0.1) is 0 Å². The van der Waals surface area contributed by atoms with Crippen LogP contribution in [0.2, 0.25) is 0 Å². The number of hydrogen-bond donors (Lipinski definition) is 7. The first-order chi connectivity index (χ1) is 39.6. The van der Waals surface area contributed by atoms with Crippen molar-refractivity contribution in [1.29, 1.82) is 0 Å². The average molecular weight is 1150 g/mol. The molecule has 11 atom stereocenters. The summed E-state index contributed by atoms with van der Waals surface area (Å²) in [5, 5.41) is 72.5. The number of unbranched alkanes of at least 4 members (excludes halogenated alkanes) is 30. The maximum Gasteiger partial charge on any atom is 0.306 e. The first-order valence-electron chi connectivity index (χ1n) is 32.9. The molecular weight excluding hydrogens is 1030 g/mol. The molecule has 0 bridgehead atoms. The first-order valence-corrected chi connectivity index (χ1v) is 32.9. The summed E-state index contributed by atoms with van der Waals surface area (Å²) in [7, 11) is 0. The number of ether oxygens (including phenoxy) is 6. The maximum absolute atomic E-state index is 13.1. The van der Waals surface area contributed by atoms with E-state index < -0.39 is 80.7 Å². The Balaban J connectivity index is 1.67. The number of esters is 1. The van der Waals surface area contributed by atoms with Gasteiger partial charge < -0.3 is 64.2 Å². The van der Waals surface area contributed by atoms with Gasteiger partial charge in [0.15, 0.2) is 12.6 Å². The van der Waals surface area contributed by atoms with Gasteiger partial charge in [0.25, 0.3) is 0 Å². The summed E-state index contributed by atoms with van der Waals surface area (Å²) in [6.07, 6.45) is 51.4. The van der Waals surface area contributed by atoms with Crippen LogP contribution in [0, 0.1) is 0 Å². The third kappa shape index (κ3) is 39.1. The van der Waals surface area contributed by atoms with Crippen molar-refractivity contribution < 1.29 is 69.0 Å². The average Bonchev–Trinajstić information content (AvgIpc) is 3.46. The Hall–Kier alpha value is -2.31. The number of carbonyl (C=O) groups is 1. The summed E-state index contributed by atoms with van der Waals surface area (Å²) in [5.41, 5.74) is 0. The minimum atomic E-state index is -1.71. The number of carbonyl (C=O) groups excluding carboxylic acids is 1. The van der Waals surface area contributed by atoms with Crippen molar-refractivity contribution in [2.75, 3.05) is 33.0 Å². The second kappa shape index (κ2) is 53.2. The summed E-state index contributed by atoms with van der Waals surface area (Å²) in [6.45, 7) is 3.62. The van der Waals surface area contributed by atoms with Crippen LogP contribution in [0.5, 0.6) is 0 Å². The van der Waals surface area contributed by atoms with Crippen LogP contribution in [0.15, 0.2) is 60.8 Å².